The summed E-state index contributed by atoms with van der Waals surface area (Å²) >= 11 is 5.71. The highest BCUT2D eigenvalue weighted by atomic mass is 35.5. The second-order valence-electron chi connectivity index (χ2n) is 4.82. The molecular formula is C16H15ClF2O. The van der Waals surface area contributed by atoms with Crippen molar-refractivity contribution in [3.05, 3.63) is 70.2 Å². The van der Waals surface area contributed by atoms with Crippen molar-refractivity contribution in [2.75, 3.05) is 6.61 Å². The molecule has 0 aliphatic rings. The molecule has 0 aliphatic carbocycles. The zero-order chi connectivity index (χ0) is 14.5. The Morgan fingerprint density at radius 2 is 1.70 bits per heavy atom. The van der Waals surface area contributed by atoms with Crippen molar-refractivity contribution >= 4 is 11.6 Å². The molecule has 0 bridgehead atoms. The first-order chi connectivity index (χ1) is 9.58. The third kappa shape index (κ3) is 4.02. The van der Waals surface area contributed by atoms with Crippen LogP contribution in [0.15, 0.2) is 42.5 Å². The molecule has 2 aromatic carbocycles. The summed E-state index contributed by atoms with van der Waals surface area (Å²) in [6.07, 6.45) is 0.982. The minimum absolute atomic E-state index is 0.0561. The van der Waals surface area contributed by atoms with E-state index in [1.807, 2.05) is 0 Å². The molecule has 1 atom stereocenters. The van der Waals surface area contributed by atoms with E-state index in [-0.39, 0.29) is 24.2 Å². The molecule has 20 heavy (non-hydrogen) atoms. The fourth-order valence-corrected chi connectivity index (χ4v) is 2.31. The summed E-state index contributed by atoms with van der Waals surface area (Å²) in [5.41, 5.74) is 1.44. The van der Waals surface area contributed by atoms with Gasteiger partial charge in [0.2, 0.25) is 0 Å². The van der Waals surface area contributed by atoms with Crippen molar-refractivity contribution in [1.29, 1.82) is 0 Å². The van der Waals surface area contributed by atoms with Gasteiger partial charge in [-0.3, -0.25) is 0 Å². The minimum atomic E-state index is -0.366. The summed E-state index contributed by atoms with van der Waals surface area (Å²) in [5, 5.41) is 9.78. The average molecular weight is 297 g/mol. The van der Waals surface area contributed by atoms with E-state index in [0.717, 1.165) is 5.56 Å². The Morgan fingerprint density at radius 3 is 2.30 bits per heavy atom. The molecule has 0 radical (unpaired) electrons. The first-order valence-corrected chi connectivity index (χ1v) is 6.75. The number of halogens is 3. The van der Waals surface area contributed by atoms with Crippen LogP contribution in [0.2, 0.25) is 5.02 Å². The molecule has 2 rings (SSSR count). The molecular weight excluding hydrogens is 282 g/mol. The number of benzene rings is 2. The third-order valence-corrected chi connectivity index (χ3v) is 3.45. The first-order valence-electron chi connectivity index (χ1n) is 6.37. The summed E-state index contributed by atoms with van der Waals surface area (Å²) in [6, 6.07) is 10.6. The molecule has 0 aromatic heterocycles. The largest absolute Gasteiger partial charge is 0.396 e. The Hall–Kier alpha value is -1.45. The highest BCUT2D eigenvalue weighted by molar-refractivity contribution is 6.30. The van der Waals surface area contributed by atoms with Gasteiger partial charge >= 0.3 is 0 Å². The number of rotatable bonds is 5. The van der Waals surface area contributed by atoms with Crippen LogP contribution < -0.4 is 0 Å². The lowest BCUT2D eigenvalue weighted by Crippen LogP contribution is -2.14. The Morgan fingerprint density at radius 1 is 1.00 bits per heavy atom. The quantitative estimate of drug-likeness (QED) is 0.884. The number of hydrogen-bond donors (Lipinski definition) is 1. The third-order valence-electron chi connectivity index (χ3n) is 3.22. The van der Waals surface area contributed by atoms with Crippen LogP contribution in [0.25, 0.3) is 0 Å². The van der Waals surface area contributed by atoms with E-state index in [0.29, 0.717) is 23.4 Å². The topological polar surface area (TPSA) is 20.2 Å². The van der Waals surface area contributed by atoms with Gasteiger partial charge in [0, 0.05) is 11.6 Å². The van der Waals surface area contributed by atoms with Crippen molar-refractivity contribution in [1.82, 2.24) is 0 Å². The highest BCUT2D eigenvalue weighted by Crippen LogP contribution is 2.20. The molecule has 4 heteroatoms. The van der Waals surface area contributed by atoms with Gasteiger partial charge in [-0.2, -0.15) is 0 Å². The molecule has 106 valence electrons. The molecule has 0 heterocycles. The summed E-state index contributed by atoms with van der Waals surface area (Å²) < 4.78 is 26.6. The highest BCUT2D eigenvalue weighted by Gasteiger charge is 2.13. The Balaban J connectivity index is 2.07. The van der Waals surface area contributed by atoms with E-state index in [2.05, 4.69) is 0 Å². The van der Waals surface area contributed by atoms with Crippen LogP contribution in [-0.2, 0) is 12.8 Å². The van der Waals surface area contributed by atoms with Crippen LogP contribution in [0.5, 0.6) is 0 Å². The molecule has 0 spiro atoms. The van der Waals surface area contributed by atoms with Crippen molar-refractivity contribution in [2.45, 2.75) is 12.8 Å². The van der Waals surface area contributed by atoms with Crippen LogP contribution in [0.3, 0.4) is 0 Å². The second kappa shape index (κ2) is 6.82. The van der Waals surface area contributed by atoms with Gasteiger partial charge in [0.15, 0.2) is 0 Å². The van der Waals surface area contributed by atoms with Crippen molar-refractivity contribution < 1.29 is 13.9 Å². The van der Waals surface area contributed by atoms with Crippen LogP contribution in [0, 0.1) is 17.6 Å². The summed E-state index contributed by atoms with van der Waals surface area (Å²) in [5.74, 6) is -0.774. The molecule has 1 unspecified atom stereocenters. The monoisotopic (exact) mass is 296 g/mol. The summed E-state index contributed by atoms with van der Waals surface area (Å²) in [6.45, 7) is -0.0561. The fourth-order valence-electron chi connectivity index (χ4n) is 2.15. The van der Waals surface area contributed by atoms with Gasteiger partial charge in [-0.15, -0.1) is 0 Å². The normalized spacial score (nSPS) is 12.4. The van der Waals surface area contributed by atoms with Crippen LogP contribution >= 0.6 is 11.6 Å². The first kappa shape index (κ1) is 14.9. The number of hydrogen-bond acceptors (Lipinski definition) is 1. The van der Waals surface area contributed by atoms with Crippen molar-refractivity contribution in [3.8, 4) is 0 Å². The molecule has 1 nitrogen and oxygen atoms in total. The van der Waals surface area contributed by atoms with Crippen molar-refractivity contribution in [3.63, 3.8) is 0 Å². The van der Waals surface area contributed by atoms with Gasteiger partial charge in [-0.25, -0.2) is 8.78 Å². The lowest BCUT2D eigenvalue weighted by molar-refractivity contribution is 0.224. The standard InChI is InChI=1S/C16H15ClF2O/c17-14-4-3-13(16(19)9-14)8-12(10-20)7-11-1-5-15(18)6-2-11/h1-6,9,12,20H,7-8,10H2. The maximum Gasteiger partial charge on any atom is 0.127 e. The second-order valence-corrected chi connectivity index (χ2v) is 5.26. The number of aliphatic hydroxyl groups is 1. The van der Waals surface area contributed by atoms with E-state index in [1.165, 1.54) is 18.2 Å². The summed E-state index contributed by atoms with van der Waals surface area (Å²) in [4.78, 5) is 0. The zero-order valence-electron chi connectivity index (χ0n) is 10.8. The van der Waals surface area contributed by atoms with E-state index >= 15 is 0 Å². The van der Waals surface area contributed by atoms with E-state index in [4.69, 9.17) is 11.6 Å². The Bertz CT molecular complexity index is 569. The Kier molecular flexibility index (Phi) is 5.10. The maximum atomic E-state index is 13.7. The van der Waals surface area contributed by atoms with E-state index in [9.17, 15) is 13.9 Å². The van der Waals surface area contributed by atoms with Gasteiger partial charge in [-0.05, 0) is 54.2 Å². The van der Waals surface area contributed by atoms with Crippen LogP contribution in [0.1, 0.15) is 11.1 Å². The van der Waals surface area contributed by atoms with Gasteiger partial charge < -0.3 is 5.11 Å². The molecule has 0 amide bonds. The summed E-state index contributed by atoms with van der Waals surface area (Å²) in [7, 11) is 0. The van der Waals surface area contributed by atoms with Crippen LogP contribution in [0.4, 0.5) is 8.78 Å². The van der Waals surface area contributed by atoms with E-state index < -0.39 is 0 Å². The van der Waals surface area contributed by atoms with Gasteiger partial charge in [0.1, 0.15) is 11.6 Å². The maximum absolute atomic E-state index is 13.7. The van der Waals surface area contributed by atoms with Crippen LogP contribution in [-0.4, -0.2) is 11.7 Å². The SMILES string of the molecule is OCC(Cc1ccc(F)cc1)Cc1ccc(Cl)cc1F. The predicted molar refractivity (Wildman–Crippen MR) is 75.8 cm³/mol. The van der Waals surface area contributed by atoms with Crippen molar-refractivity contribution in [2.24, 2.45) is 5.92 Å². The average Bonchev–Trinajstić information content (AvgIpc) is 2.43. The molecule has 0 fully saturated rings. The fraction of sp³-hybridized carbons (Fsp3) is 0.250. The predicted octanol–water partition coefficient (Wildman–Crippen LogP) is 4.01. The molecule has 0 saturated heterocycles. The molecule has 2 aromatic rings. The molecule has 1 N–H and O–H groups in total. The smallest absolute Gasteiger partial charge is 0.127 e. The molecule has 0 saturated carbocycles. The lowest BCUT2D eigenvalue weighted by atomic mass is 9.93. The zero-order valence-corrected chi connectivity index (χ0v) is 11.6. The minimum Gasteiger partial charge on any atom is -0.396 e. The molecule has 0 aliphatic heterocycles. The van der Waals surface area contributed by atoms with E-state index in [1.54, 1.807) is 24.3 Å². The lowest BCUT2D eigenvalue weighted by Gasteiger charge is -2.15. The van der Waals surface area contributed by atoms with Gasteiger partial charge in [0.05, 0.1) is 0 Å². The van der Waals surface area contributed by atoms with Gasteiger partial charge in [-0.1, -0.05) is 29.8 Å². The Labute approximate surface area is 121 Å². The number of aliphatic hydroxyl groups excluding tert-OH is 1. The van der Waals surface area contributed by atoms with Gasteiger partial charge in [0.25, 0.3) is 0 Å².